The molecule has 1 heterocycles. The third-order valence-corrected chi connectivity index (χ3v) is 6.69. The normalized spacial score (nSPS) is 19.1. The number of benzene rings is 2. The number of para-hydroxylation sites is 1. The second kappa shape index (κ2) is 8.97. The highest BCUT2D eigenvalue weighted by molar-refractivity contribution is 7.14. The summed E-state index contributed by atoms with van der Waals surface area (Å²) in [5.41, 5.74) is 4.23. The van der Waals surface area contributed by atoms with E-state index in [0.29, 0.717) is 23.3 Å². The average Bonchev–Trinajstić information content (AvgIpc) is 3.19. The van der Waals surface area contributed by atoms with Crippen LogP contribution in [0, 0.1) is 5.92 Å². The van der Waals surface area contributed by atoms with Crippen LogP contribution in [0.4, 0.5) is 10.8 Å². The lowest BCUT2D eigenvalue weighted by Gasteiger charge is -2.28. The fourth-order valence-electron chi connectivity index (χ4n) is 4.01. The van der Waals surface area contributed by atoms with Gasteiger partial charge in [-0.25, -0.2) is 4.98 Å². The Kier molecular flexibility index (Phi) is 6.16. The molecule has 0 radical (unpaired) electrons. The zero-order valence-electron chi connectivity index (χ0n) is 16.0. The smallest absolute Gasteiger partial charge is 0.303 e. The summed E-state index contributed by atoms with van der Waals surface area (Å²) in [4.78, 5) is 15.6. The molecule has 0 amide bonds. The first-order valence-corrected chi connectivity index (χ1v) is 11.1. The molecule has 0 spiro atoms. The number of halogens is 1. The van der Waals surface area contributed by atoms with Crippen molar-refractivity contribution in [2.75, 3.05) is 5.32 Å². The SMILES string of the molecule is O=C(O)CC1CCC(c2ccc(-c3csc(Nc4ccccc4Cl)n3)cc2)CC1. The van der Waals surface area contributed by atoms with Gasteiger partial charge in [0.05, 0.1) is 16.4 Å². The number of aliphatic carboxylic acids is 1. The second-order valence-electron chi connectivity index (χ2n) is 7.58. The Morgan fingerprint density at radius 3 is 2.52 bits per heavy atom. The lowest BCUT2D eigenvalue weighted by atomic mass is 9.77. The molecule has 0 aliphatic heterocycles. The molecular weight excluding hydrogens is 404 g/mol. The van der Waals surface area contributed by atoms with Gasteiger partial charge in [-0.2, -0.15) is 0 Å². The molecule has 4 rings (SSSR count). The molecule has 0 unspecified atom stereocenters. The van der Waals surface area contributed by atoms with Crippen LogP contribution >= 0.6 is 22.9 Å². The number of carboxylic acids is 1. The number of carboxylic acid groups (broad SMARTS) is 1. The van der Waals surface area contributed by atoms with Crippen molar-refractivity contribution >= 4 is 39.7 Å². The lowest BCUT2D eigenvalue weighted by molar-refractivity contribution is -0.138. The van der Waals surface area contributed by atoms with Crippen LogP contribution in [0.5, 0.6) is 0 Å². The van der Waals surface area contributed by atoms with Gasteiger partial charge in [-0.05, 0) is 55.2 Å². The first-order valence-electron chi connectivity index (χ1n) is 9.87. The van der Waals surface area contributed by atoms with Gasteiger partial charge in [0.1, 0.15) is 0 Å². The number of nitrogens with zero attached hydrogens (tertiary/aromatic N) is 1. The summed E-state index contributed by atoms with van der Waals surface area (Å²) in [6, 6.07) is 16.3. The Bertz CT molecular complexity index is 979. The van der Waals surface area contributed by atoms with Gasteiger partial charge in [-0.3, -0.25) is 4.79 Å². The number of hydrogen-bond acceptors (Lipinski definition) is 4. The van der Waals surface area contributed by atoms with Crippen molar-refractivity contribution in [3.63, 3.8) is 0 Å². The highest BCUT2D eigenvalue weighted by Crippen LogP contribution is 2.38. The summed E-state index contributed by atoms with van der Waals surface area (Å²) in [6.45, 7) is 0. The van der Waals surface area contributed by atoms with Crippen LogP contribution in [-0.4, -0.2) is 16.1 Å². The summed E-state index contributed by atoms with van der Waals surface area (Å²) in [6.07, 6.45) is 4.45. The quantitative estimate of drug-likeness (QED) is 0.447. The topological polar surface area (TPSA) is 62.2 Å². The zero-order chi connectivity index (χ0) is 20.2. The van der Waals surface area contributed by atoms with Gasteiger partial charge >= 0.3 is 5.97 Å². The third-order valence-electron chi connectivity index (χ3n) is 5.61. The maximum Gasteiger partial charge on any atom is 0.303 e. The van der Waals surface area contributed by atoms with Gasteiger partial charge in [-0.1, -0.05) is 48.0 Å². The fraction of sp³-hybridized carbons (Fsp3) is 0.304. The van der Waals surface area contributed by atoms with Gasteiger partial charge in [-0.15, -0.1) is 11.3 Å². The Morgan fingerprint density at radius 2 is 1.83 bits per heavy atom. The third kappa shape index (κ3) is 4.98. The predicted molar refractivity (Wildman–Crippen MR) is 119 cm³/mol. The number of carbonyl (C=O) groups is 1. The largest absolute Gasteiger partial charge is 0.481 e. The van der Waals surface area contributed by atoms with E-state index in [4.69, 9.17) is 16.7 Å². The van der Waals surface area contributed by atoms with Gasteiger partial charge < -0.3 is 10.4 Å². The van der Waals surface area contributed by atoms with Gasteiger partial charge in [0.2, 0.25) is 0 Å². The molecule has 1 aromatic heterocycles. The van der Waals surface area contributed by atoms with E-state index >= 15 is 0 Å². The van der Waals surface area contributed by atoms with E-state index < -0.39 is 5.97 Å². The number of anilines is 2. The molecule has 0 saturated heterocycles. The fourth-order valence-corrected chi connectivity index (χ4v) is 4.93. The summed E-state index contributed by atoms with van der Waals surface area (Å²) in [5, 5.41) is 15.8. The molecule has 6 heteroatoms. The van der Waals surface area contributed by atoms with Crippen molar-refractivity contribution in [1.29, 1.82) is 0 Å². The molecule has 1 saturated carbocycles. The Labute approximate surface area is 179 Å². The molecule has 1 aliphatic rings. The maximum absolute atomic E-state index is 10.9. The van der Waals surface area contributed by atoms with Crippen LogP contribution in [0.1, 0.15) is 43.6 Å². The van der Waals surface area contributed by atoms with Gasteiger partial charge in [0, 0.05) is 17.4 Å². The zero-order valence-corrected chi connectivity index (χ0v) is 17.5. The van der Waals surface area contributed by atoms with E-state index in [1.54, 1.807) is 11.3 Å². The number of rotatable bonds is 6. The predicted octanol–water partition coefficient (Wildman–Crippen LogP) is 6.96. The maximum atomic E-state index is 10.9. The van der Waals surface area contributed by atoms with Crippen molar-refractivity contribution in [3.05, 3.63) is 64.5 Å². The molecular formula is C23H23ClN2O2S. The van der Waals surface area contributed by atoms with Crippen molar-refractivity contribution in [1.82, 2.24) is 4.98 Å². The van der Waals surface area contributed by atoms with E-state index in [-0.39, 0.29) is 0 Å². The molecule has 1 fully saturated rings. The van der Waals surface area contributed by atoms with Crippen molar-refractivity contribution in [2.45, 2.75) is 38.0 Å². The van der Waals surface area contributed by atoms with Crippen molar-refractivity contribution in [2.24, 2.45) is 5.92 Å². The van der Waals surface area contributed by atoms with Crippen molar-refractivity contribution < 1.29 is 9.90 Å². The Balaban J connectivity index is 1.39. The molecule has 2 N–H and O–H groups in total. The van der Waals surface area contributed by atoms with E-state index in [1.807, 2.05) is 29.6 Å². The molecule has 2 aromatic carbocycles. The molecule has 0 atom stereocenters. The summed E-state index contributed by atoms with van der Waals surface area (Å²) in [7, 11) is 0. The van der Waals surface area contributed by atoms with Crippen LogP contribution in [0.25, 0.3) is 11.3 Å². The molecule has 29 heavy (non-hydrogen) atoms. The average molecular weight is 427 g/mol. The molecule has 0 bridgehead atoms. The lowest BCUT2D eigenvalue weighted by Crippen LogP contribution is -2.16. The number of aromatic nitrogens is 1. The summed E-state index contributed by atoms with van der Waals surface area (Å²) < 4.78 is 0. The van der Waals surface area contributed by atoms with E-state index in [1.165, 1.54) is 5.56 Å². The first-order chi connectivity index (χ1) is 14.1. The highest BCUT2D eigenvalue weighted by Gasteiger charge is 2.24. The summed E-state index contributed by atoms with van der Waals surface area (Å²) >= 11 is 7.76. The van der Waals surface area contributed by atoms with Crippen LogP contribution in [-0.2, 0) is 4.79 Å². The van der Waals surface area contributed by atoms with E-state index in [9.17, 15) is 4.79 Å². The van der Waals surface area contributed by atoms with Crippen LogP contribution in [0.3, 0.4) is 0 Å². The molecule has 4 nitrogen and oxygen atoms in total. The number of thiazole rings is 1. The molecule has 1 aliphatic carbocycles. The van der Waals surface area contributed by atoms with E-state index in [2.05, 4.69) is 34.6 Å². The monoisotopic (exact) mass is 426 g/mol. The van der Waals surface area contributed by atoms with Crippen LogP contribution in [0.2, 0.25) is 5.02 Å². The Morgan fingerprint density at radius 1 is 1.10 bits per heavy atom. The number of nitrogens with one attached hydrogen (secondary N) is 1. The number of hydrogen-bond donors (Lipinski definition) is 2. The summed E-state index contributed by atoms with van der Waals surface area (Å²) in [5.74, 6) is 0.188. The minimum Gasteiger partial charge on any atom is -0.481 e. The first kappa shape index (κ1) is 19.9. The van der Waals surface area contributed by atoms with Crippen LogP contribution in [0.15, 0.2) is 53.9 Å². The van der Waals surface area contributed by atoms with E-state index in [0.717, 1.165) is 47.8 Å². The second-order valence-corrected chi connectivity index (χ2v) is 8.85. The highest BCUT2D eigenvalue weighted by atomic mass is 35.5. The Hall–Kier alpha value is -2.37. The minimum absolute atomic E-state index is 0.306. The van der Waals surface area contributed by atoms with Crippen molar-refractivity contribution in [3.8, 4) is 11.3 Å². The van der Waals surface area contributed by atoms with Crippen LogP contribution < -0.4 is 5.32 Å². The minimum atomic E-state index is -0.676. The molecule has 3 aromatic rings. The van der Waals surface area contributed by atoms with Gasteiger partial charge in [0.25, 0.3) is 0 Å². The standard InChI is InChI=1S/C23H23ClN2O2S/c24-19-3-1-2-4-20(19)25-23-26-21(14-29-23)18-11-9-17(10-12-18)16-7-5-15(6-8-16)13-22(27)28/h1-4,9-12,14-16H,5-8,13H2,(H,25,26)(H,27,28). The molecule has 150 valence electrons. The van der Waals surface area contributed by atoms with Gasteiger partial charge in [0.15, 0.2) is 5.13 Å².